The molecule has 0 fully saturated rings. The Bertz CT molecular complexity index is 944. The molecule has 0 radical (unpaired) electrons. The number of amides is 1. The van der Waals surface area contributed by atoms with Gasteiger partial charge < -0.3 is 15.4 Å². The van der Waals surface area contributed by atoms with Gasteiger partial charge in [-0.15, -0.1) is 0 Å². The number of anilines is 3. The smallest absolute Gasteiger partial charge is 0.257 e. The van der Waals surface area contributed by atoms with E-state index in [0.717, 1.165) is 11.3 Å². The van der Waals surface area contributed by atoms with E-state index in [-0.39, 0.29) is 5.91 Å². The number of carbonyl (C=O) groups excluding carboxylic acids is 1. The topological polar surface area (TPSA) is 63.2 Å². The van der Waals surface area contributed by atoms with Crippen LogP contribution in [0.25, 0.3) is 0 Å². The minimum absolute atomic E-state index is 0.287. The SMILES string of the molecule is COc1ccc(C)cc1Nc1cncc(C(=O)Nc2ccccc2Cl)c1. The number of hydrogen-bond donors (Lipinski definition) is 2. The molecule has 0 aliphatic carbocycles. The van der Waals surface area contributed by atoms with Crippen LogP contribution in [0.1, 0.15) is 15.9 Å². The van der Waals surface area contributed by atoms with E-state index in [1.165, 1.54) is 6.20 Å². The van der Waals surface area contributed by atoms with Crippen LogP contribution in [0, 0.1) is 6.92 Å². The third kappa shape index (κ3) is 4.13. The number of halogens is 1. The summed E-state index contributed by atoms with van der Waals surface area (Å²) in [5.41, 5.74) is 3.55. The highest BCUT2D eigenvalue weighted by Crippen LogP contribution is 2.29. The van der Waals surface area contributed by atoms with Gasteiger partial charge in [-0.2, -0.15) is 0 Å². The zero-order chi connectivity index (χ0) is 18.5. The minimum atomic E-state index is -0.287. The third-order valence-corrected chi connectivity index (χ3v) is 4.09. The number of rotatable bonds is 5. The second-order valence-corrected chi connectivity index (χ2v) is 6.13. The summed E-state index contributed by atoms with van der Waals surface area (Å²) in [7, 11) is 1.61. The number of para-hydroxylation sites is 1. The van der Waals surface area contributed by atoms with Crippen molar-refractivity contribution < 1.29 is 9.53 Å². The van der Waals surface area contributed by atoms with Crippen molar-refractivity contribution in [3.63, 3.8) is 0 Å². The fourth-order valence-corrected chi connectivity index (χ4v) is 2.65. The lowest BCUT2D eigenvalue weighted by molar-refractivity contribution is 0.102. The van der Waals surface area contributed by atoms with Crippen molar-refractivity contribution in [1.29, 1.82) is 0 Å². The van der Waals surface area contributed by atoms with Crippen molar-refractivity contribution in [1.82, 2.24) is 4.98 Å². The van der Waals surface area contributed by atoms with Crippen LogP contribution >= 0.6 is 11.6 Å². The lowest BCUT2D eigenvalue weighted by atomic mass is 10.2. The van der Waals surface area contributed by atoms with Crippen molar-refractivity contribution in [2.75, 3.05) is 17.7 Å². The number of methoxy groups -OCH3 is 1. The van der Waals surface area contributed by atoms with Crippen LogP contribution in [0.15, 0.2) is 60.9 Å². The van der Waals surface area contributed by atoms with Crippen molar-refractivity contribution >= 4 is 34.6 Å². The second kappa shape index (κ2) is 7.89. The summed E-state index contributed by atoms with van der Waals surface area (Å²) in [4.78, 5) is 16.6. The highest BCUT2D eigenvalue weighted by atomic mass is 35.5. The van der Waals surface area contributed by atoms with E-state index in [4.69, 9.17) is 16.3 Å². The molecule has 1 aromatic heterocycles. The molecule has 2 N–H and O–H groups in total. The van der Waals surface area contributed by atoms with Crippen LogP contribution < -0.4 is 15.4 Å². The van der Waals surface area contributed by atoms with Gasteiger partial charge in [0.15, 0.2) is 0 Å². The fourth-order valence-electron chi connectivity index (χ4n) is 2.46. The van der Waals surface area contributed by atoms with E-state index >= 15 is 0 Å². The van der Waals surface area contributed by atoms with Crippen molar-refractivity contribution in [3.05, 3.63) is 77.1 Å². The van der Waals surface area contributed by atoms with E-state index in [2.05, 4.69) is 15.6 Å². The summed E-state index contributed by atoms with van der Waals surface area (Å²) in [6, 6.07) is 14.6. The molecule has 2 aromatic carbocycles. The van der Waals surface area contributed by atoms with Gasteiger partial charge in [-0.05, 0) is 42.8 Å². The van der Waals surface area contributed by atoms with Gasteiger partial charge in [0, 0.05) is 6.20 Å². The molecule has 132 valence electrons. The molecule has 3 rings (SSSR count). The van der Waals surface area contributed by atoms with Crippen LogP contribution in [0.5, 0.6) is 5.75 Å². The third-order valence-electron chi connectivity index (χ3n) is 3.76. The van der Waals surface area contributed by atoms with Gasteiger partial charge in [-0.1, -0.05) is 29.8 Å². The Labute approximate surface area is 157 Å². The summed E-state index contributed by atoms with van der Waals surface area (Å²) in [6.45, 7) is 2.00. The number of nitrogens with zero attached hydrogens (tertiary/aromatic N) is 1. The predicted molar refractivity (Wildman–Crippen MR) is 105 cm³/mol. The van der Waals surface area contributed by atoms with Gasteiger partial charge in [0.2, 0.25) is 0 Å². The van der Waals surface area contributed by atoms with Gasteiger partial charge >= 0.3 is 0 Å². The maximum Gasteiger partial charge on any atom is 0.257 e. The number of ether oxygens (including phenoxy) is 1. The fraction of sp³-hybridized carbons (Fsp3) is 0.100. The van der Waals surface area contributed by atoms with E-state index in [1.807, 2.05) is 31.2 Å². The van der Waals surface area contributed by atoms with Crippen LogP contribution in [-0.4, -0.2) is 18.0 Å². The lowest BCUT2D eigenvalue weighted by Gasteiger charge is -2.13. The number of hydrogen-bond acceptors (Lipinski definition) is 4. The summed E-state index contributed by atoms with van der Waals surface area (Å²) < 4.78 is 5.37. The summed E-state index contributed by atoms with van der Waals surface area (Å²) in [5, 5.41) is 6.51. The van der Waals surface area contributed by atoms with Gasteiger partial charge in [0.25, 0.3) is 5.91 Å². The van der Waals surface area contributed by atoms with E-state index in [0.29, 0.717) is 27.7 Å². The molecule has 6 heteroatoms. The second-order valence-electron chi connectivity index (χ2n) is 5.72. The molecule has 26 heavy (non-hydrogen) atoms. The molecule has 3 aromatic rings. The molecule has 0 saturated heterocycles. The first-order valence-corrected chi connectivity index (χ1v) is 8.37. The van der Waals surface area contributed by atoms with Gasteiger partial charge in [-0.3, -0.25) is 9.78 Å². The Balaban J connectivity index is 1.81. The van der Waals surface area contributed by atoms with Crippen LogP contribution in [0.4, 0.5) is 17.1 Å². The first-order valence-electron chi connectivity index (χ1n) is 7.99. The van der Waals surface area contributed by atoms with Crippen LogP contribution in [-0.2, 0) is 0 Å². The van der Waals surface area contributed by atoms with E-state index in [1.54, 1.807) is 37.6 Å². The van der Waals surface area contributed by atoms with Gasteiger partial charge in [0.1, 0.15) is 5.75 Å². The number of carbonyl (C=O) groups is 1. The van der Waals surface area contributed by atoms with Crippen molar-refractivity contribution in [2.45, 2.75) is 6.92 Å². The first-order chi connectivity index (χ1) is 12.6. The Kier molecular flexibility index (Phi) is 5.39. The maximum absolute atomic E-state index is 12.5. The summed E-state index contributed by atoms with van der Waals surface area (Å²) in [5.74, 6) is 0.423. The number of benzene rings is 2. The molecular formula is C20H18ClN3O2. The standard InChI is InChI=1S/C20H18ClN3O2/c1-13-7-8-19(26-2)18(9-13)23-15-10-14(11-22-12-15)20(25)24-17-6-4-3-5-16(17)21/h3-12,23H,1-2H3,(H,24,25). The molecule has 0 atom stereocenters. The number of aryl methyl sites for hydroxylation is 1. The Morgan fingerprint density at radius 1 is 1.08 bits per heavy atom. The molecule has 0 aliphatic rings. The van der Waals surface area contributed by atoms with Crippen LogP contribution in [0.2, 0.25) is 5.02 Å². The zero-order valence-corrected chi connectivity index (χ0v) is 15.2. The van der Waals surface area contributed by atoms with E-state index < -0.39 is 0 Å². The monoisotopic (exact) mass is 367 g/mol. The molecular weight excluding hydrogens is 350 g/mol. The molecule has 5 nitrogen and oxygen atoms in total. The number of pyridine rings is 1. The predicted octanol–water partition coefficient (Wildman–Crippen LogP) is 5.05. The maximum atomic E-state index is 12.5. The van der Waals surface area contributed by atoms with Crippen molar-refractivity contribution in [2.24, 2.45) is 0 Å². The summed E-state index contributed by atoms with van der Waals surface area (Å²) >= 11 is 6.09. The zero-order valence-electron chi connectivity index (χ0n) is 14.4. The molecule has 0 bridgehead atoms. The minimum Gasteiger partial charge on any atom is -0.495 e. The van der Waals surface area contributed by atoms with E-state index in [9.17, 15) is 4.79 Å². The lowest BCUT2D eigenvalue weighted by Crippen LogP contribution is -2.12. The van der Waals surface area contributed by atoms with Gasteiger partial charge in [-0.25, -0.2) is 0 Å². The largest absolute Gasteiger partial charge is 0.495 e. The Morgan fingerprint density at radius 2 is 1.88 bits per heavy atom. The number of aromatic nitrogens is 1. The van der Waals surface area contributed by atoms with Crippen molar-refractivity contribution in [3.8, 4) is 5.75 Å². The first kappa shape index (κ1) is 17.8. The average molecular weight is 368 g/mol. The molecule has 0 aliphatic heterocycles. The van der Waals surface area contributed by atoms with Crippen LogP contribution in [0.3, 0.4) is 0 Å². The molecule has 0 spiro atoms. The summed E-state index contributed by atoms with van der Waals surface area (Å²) in [6.07, 6.45) is 3.15. The average Bonchev–Trinajstić information content (AvgIpc) is 2.64. The molecule has 1 heterocycles. The normalized spacial score (nSPS) is 10.3. The Hall–Kier alpha value is -3.05. The highest BCUT2D eigenvalue weighted by molar-refractivity contribution is 6.33. The number of nitrogens with one attached hydrogen (secondary N) is 2. The molecule has 0 unspecified atom stereocenters. The Morgan fingerprint density at radius 3 is 2.65 bits per heavy atom. The molecule has 1 amide bonds. The highest BCUT2D eigenvalue weighted by Gasteiger charge is 2.10. The molecule has 0 saturated carbocycles. The quantitative estimate of drug-likeness (QED) is 0.662. The van der Waals surface area contributed by atoms with Gasteiger partial charge in [0.05, 0.1) is 41.0 Å².